The molecule has 0 heterocycles. The van der Waals surface area contributed by atoms with E-state index in [0.29, 0.717) is 6.54 Å². The van der Waals surface area contributed by atoms with Gasteiger partial charge in [0.15, 0.2) is 0 Å². The maximum Gasteiger partial charge on any atom is 0.0975 e. The predicted octanol–water partition coefficient (Wildman–Crippen LogP) is 2.32. The third-order valence-corrected chi connectivity index (χ3v) is 2.34. The number of hydrogen-bond donors (Lipinski definition) is 1. The zero-order valence-electron chi connectivity index (χ0n) is 8.18. The molecular weight excluding hydrogens is 165 g/mol. The molecule has 2 heteroatoms. The Labute approximate surface area is 78.8 Å². The van der Waals surface area contributed by atoms with E-state index < -0.39 is 0 Å². The molecule has 1 nitrogen and oxygen atoms in total. The Morgan fingerprint density at radius 3 is 2.54 bits per heavy atom. The maximum atomic E-state index is 12.5. The van der Waals surface area contributed by atoms with Crippen LogP contribution in [0.15, 0.2) is 18.2 Å². The Balaban J connectivity index is 2.99. The second kappa shape index (κ2) is 4.38. The Morgan fingerprint density at radius 1 is 1.38 bits per heavy atom. The fourth-order valence-corrected chi connectivity index (χ4v) is 1.56. The molecule has 0 aliphatic carbocycles. The third-order valence-electron chi connectivity index (χ3n) is 2.34. The van der Waals surface area contributed by atoms with E-state index >= 15 is 0 Å². The molecule has 1 aromatic carbocycles. The topological polar surface area (TPSA) is 26.0 Å². The largest absolute Gasteiger partial charge is 0.330 e. The van der Waals surface area contributed by atoms with Crippen LogP contribution in [0.4, 0.5) is 4.39 Å². The van der Waals surface area contributed by atoms with E-state index in [2.05, 4.69) is 6.07 Å². The fraction of sp³-hybridized carbons (Fsp3) is 0.455. The first-order valence-corrected chi connectivity index (χ1v) is 4.52. The highest BCUT2D eigenvalue weighted by molar-refractivity contribution is 5.33. The number of hydrogen-bond acceptors (Lipinski definition) is 1. The molecule has 0 fully saturated rings. The molecule has 1 aromatic rings. The lowest BCUT2D eigenvalue weighted by atomic mass is 9.95. The Morgan fingerprint density at radius 2 is 2.08 bits per heavy atom. The minimum atomic E-state index is -0.375. The predicted molar refractivity (Wildman–Crippen MR) is 53.7 cm³/mol. The molecule has 0 aliphatic rings. The average Bonchev–Trinajstić information content (AvgIpc) is 2.10. The van der Waals surface area contributed by atoms with Crippen molar-refractivity contribution in [2.75, 3.05) is 13.2 Å². The van der Waals surface area contributed by atoms with Crippen LogP contribution in [0.2, 0.25) is 0 Å². The summed E-state index contributed by atoms with van der Waals surface area (Å²) in [7, 11) is 0. The third kappa shape index (κ3) is 2.28. The number of aryl methyl sites for hydroxylation is 2. The van der Waals surface area contributed by atoms with Crippen LogP contribution < -0.4 is 5.73 Å². The summed E-state index contributed by atoms with van der Waals surface area (Å²) in [5, 5.41) is 0. The van der Waals surface area contributed by atoms with Gasteiger partial charge in [-0.1, -0.05) is 23.8 Å². The van der Waals surface area contributed by atoms with Crippen molar-refractivity contribution in [2.45, 2.75) is 19.8 Å². The van der Waals surface area contributed by atoms with Crippen LogP contribution in [0.1, 0.15) is 22.6 Å². The van der Waals surface area contributed by atoms with Gasteiger partial charge >= 0.3 is 0 Å². The van der Waals surface area contributed by atoms with Crippen LogP contribution in [0, 0.1) is 13.8 Å². The lowest BCUT2D eigenvalue weighted by Gasteiger charge is -2.14. The van der Waals surface area contributed by atoms with Gasteiger partial charge in [0.05, 0.1) is 6.67 Å². The zero-order chi connectivity index (χ0) is 9.84. The summed E-state index contributed by atoms with van der Waals surface area (Å²) in [5.74, 6) is -0.138. The first kappa shape index (κ1) is 10.2. The first-order valence-electron chi connectivity index (χ1n) is 4.52. The lowest BCUT2D eigenvalue weighted by molar-refractivity contribution is 0.433. The quantitative estimate of drug-likeness (QED) is 0.760. The van der Waals surface area contributed by atoms with Gasteiger partial charge in [0.25, 0.3) is 0 Å². The molecule has 0 bridgehead atoms. The van der Waals surface area contributed by atoms with Gasteiger partial charge in [0, 0.05) is 12.5 Å². The van der Waals surface area contributed by atoms with Gasteiger partial charge in [0.2, 0.25) is 0 Å². The van der Waals surface area contributed by atoms with Crippen molar-refractivity contribution in [3.8, 4) is 0 Å². The van der Waals surface area contributed by atoms with Gasteiger partial charge in [-0.2, -0.15) is 0 Å². The van der Waals surface area contributed by atoms with Gasteiger partial charge in [-0.3, -0.25) is 4.39 Å². The zero-order valence-corrected chi connectivity index (χ0v) is 8.18. The van der Waals surface area contributed by atoms with Gasteiger partial charge in [0.1, 0.15) is 0 Å². The molecule has 0 amide bonds. The highest BCUT2D eigenvalue weighted by atomic mass is 19.1. The van der Waals surface area contributed by atoms with E-state index in [1.165, 1.54) is 5.56 Å². The standard InChI is InChI=1S/C11H16FN/c1-8-3-4-11(9(2)5-8)10(6-12)7-13/h3-5,10H,6-7,13H2,1-2H3. The number of benzene rings is 1. The van der Waals surface area contributed by atoms with E-state index in [1.807, 2.05) is 26.0 Å². The Hall–Kier alpha value is -0.890. The second-order valence-electron chi connectivity index (χ2n) is 3.45. The molecule has 1 atom stereocenters. The van der Waals surface area contributed by atoms with Gasteiger partial charge in [-0.05, 0) is 25.0 Å². The SMILES string of the molecule is Cc1ccc(C(CN)CF)c(C)c1. The number of halogens is 1. The minimum Gasteiger partial charge on any atom is -0.330 e. The minimum absolute atomic E-state index is 0.138. The number of alkyl halides is 1. The second-order valence-corrected chi connectivity index (χ2v) is 3.45. The molecule has 0 aliphatic heterocycles. The molecule has 0 radical (unpaired) electrons. The fourth-order valence-electron chi connectivity index (χ4n) is 1.56. The van der Waals surface area contributed by atoms with E-state index in [0.717, 1.165) is 11.1 Å². The maximum absolute atomic E-state index is 12.5. The van der Waals surface area contributed by atoms with Crippen LogP contribution in [0.25, 0.3) is 0 Å². The smallest absolute Gasteiger partial charge is 0.0975 e. The van der Waals surface area contributed by atoms with Gasteiger partial charge in [-0.25, -0.2) is 0 Å². The molecule has 2 N–H and O–H groups in total. The van der Waals surface area contributed by atoms with Gasteiger partial charge in [-0.15, -0.1) is 0 Å². The summed E-state index contributed by atoms with van der Waals surface area (Å²) in [6.07, 6.45) is 0. The van der Waals surface area contributed by atoms with Crippen molar-refractivity contribution in [3.05, 3.63) is 34.9 Å². The van der Waals surface area contributed by atoms with E-state index in [9.17, 15) is 4.39 Å². The van der Waals surface area contributed by atoms with Crippen molar-refractivity contribution in [1.29, 1.82) is 0 Å². The summed E-state index contributed by atoms with van der Waals surface area (Å²) in [6.45, 7) is 4.03. The molecular formula is C11H16FN. The van der Waals surface area contributed by atoms with Crippen molar-refractivity contribution < 1.29 is 4.39 Å². The first-order chi connectivity index (χ1) is 6.19. The number of nitrogens with two attached hydrogens (primary N) is 1. The molecule has 72 valence electrons. The van der Waals surface area contributed by atoms with Crippen molar-refractivity contribution in [1.82, 2.24) is 0 Å². The normalized spacial score (nSPS) is 12.9. The van der Waals surface area contributed by atoms with E-state index in [-0.39, 0.29) is 12.6 Å². The van der Waals surface area contributed by atoms with Gasteiger partial charge < -0.3 is 5.73 Å². The van der Waals surface area contributed by atoms with Crippen molar-refractivity contribution in [2.24, 2.45) is 5.73 Å². The molecule has 0 spiro atoms. The average molecular weight is 181 g/mol. The molecule has 0 aromatic heterocycles. The van der Waals surface area contributed by atoms with Crippen LogP contribution in [0.5, 0.6) is 0 Å². The van der Waals surface area contributed by atoms with E-state index in [1.54, 1.807) is 0 Å². The molecule has 0 saturated heterocycles. The van der Waals surface area contributed by atoms with Crippen molar-refractivity contribution >= 4 is 0 Å². The summed E-state index contributed by atoms with van der Waals surface area (Å²) in [4.78, 5) is 0. The Kier molecular flexibility index (Phi) is 3.43. The highest BCUT2D eigenvalue weighted by Gasteiger charge is 2.11. The van der Waals surface area contributed by atoms with Crippen LogP contribution in [-0.2, 0) is 0 Å². The molecule has 0 saturated carbocycles. The summed E-state index contributed by atoms with van der Waals surface area (Å²) < 4.78 is 12.5. The van der Waals surface area contributed by atoms with Crippen LogP contribution in [0.3, 0.4) is 0 Å². The summed E-state index contributed by atoms with van der Waals surface area (Å²) in [5.41, 5.74) is 8.86. The molecule has 1 unspecified atom stereocenters. The monoisotopic (exact) mass is 181 g/mol. The molecule has 13 heavy (non-hydrogen) atoms. The molecule has 1 rings (SSSR count). The highest BCUT2D eigenvalue weighted by Crippen LogP contribution is 2.20. The Bertz CT molecular complexity index is 279. The summed E-state index contributed by atoms with van der Waals surface area (Å²) in [6, 6.07) is 6.04. The van der Waals surface area contributed by atoms with Crippen LogP contribution in [-0.4, -0.2) is 13.2 Å². The summed E-state index contributed by atoms with van der Waals surface area (Å²) >= 11 is 0. The lowest BCUT2D eigenvalue weighted by Crippen LogP contribution is -2.15. The van der Waals surface area contributed by atoms with Crippen molar-refractivity contribution in [3.63, 3.8) is 0 Å². The van der Waals surface area contributed by atoms with E-state index in [4.69, 9.17) is 5.73 Å². The van der Waals surface area contributed by atoms with Crippen LogP contribution >= 0.6 is 0 Å². The number of rotatable bonds is 3.